The van der Waals surface area contributed by atoms with Gasteiger partial charge in [-0.1, -0.05) is 97.1 Å². The fraction of sp³-hybridized carbons (Fsp3) is 0.150. The van der Waals surface area contributed by atoms with Crippen LogP contribution in [0.4, 0.5) is 10.5 Å². The largest absolute Gasteiger partial charge is 0.462 e. The summed E-state index contributed by atoms with van der Waals surface area (Å²) in [5, 5.41) is 4.49. The topological polar surface area (TPSA) is 122 Å². The Balaban J connectivity index is 1.04. The number of ether oxygens (including phenoxy) is 4. The van der Waals surface area contributed by atoms with Gasteiger partial charge in [0.05, 0.1) is 12.0 Å². The van der Waals surface area contributed by atoms with Gasteiger partial charge in [0.15, 0.2) is 0 Å². The number of para-hydroxylation sites is 2. The van der Waals surface area contributed by atoms with Crippen molar-refractivity contribution < 1.29 is 38.1 Å². The van der Waals surface area contributed by atoms with Crippen LogP contribution < -0.4 is 5.32 Å². The van der Waals surface area contributed by atoms with E-state index in [-0.39, 0.29) is 38.4 Å². The molecule has 0 aliphatic heterocycles. The Labute approximate surface area is 288 Å². The third-order valence-corrected chi connectivity index (χ3v) is 7.94. The molecule has 0 radical (unpaired) electrons. The molecule has 10 heteroatoms. The number of carbonyl (C=O) groups excluding carboxylic acids is 4. The van der Waals surface area contributed by atoms with Crippen LogP contribution in [0.1, 0.15) is 33.9 Å². The van der Waals surface area contributed by atoms with Crippen LogP contribution in [0.5, 0.6) is 0 Å². The standard InChI is InChI=1S/C40H34N2O8/c43-37(47-23-24-48-38(44)30-19-21-31(22-20-30)41-40(46)50-27-29-13-5-2-6-14-29)25-36(39(45)49-26-28-11-3-1-4-12-28)42-34-17-9-7-15-32(34)33-16-8-10-18-35(33)42/h1-22,36H,23-27H2,(H,41,46)/t36-/m0/s1. The Bertz CT molecular complexity index is 2040. The highest BCUT2D eigenvalue weighted by Crippen LogP contribution is 2.33. The molecule has 0 aliphatic carbocycles. The molecule has 0 fully saturated rings. The van der Waals surface area contributed by atoms with Crippen LogP contribution in [0.15, 0.2) is 133 Å². The van der Waals surface area contributed by atoms with Gasteiger partial charge < -0.3 is 23.5 Å². The first-order chi connectivity index (χ1) is 24.5. The van der Waals surface area contributed by atoms with E-state index in [2.05, 4.69) is 5.32 Å². The molecule has 0 bridgehead atoms. The molecule has 1 aromatic heterocycles. The first kappa shape index (κ1) is 33.5. The van der Waals surface area contributed by atoms with Crippen molar-refractivity contribution in [2.45, 2.75) is 25.7 Å². The molecule has 0 saturated carbocycles. The first-order valence-corrected chi connectivity index (χ1v) is 16.0. The van der Waals surface area contributed by atoms with Crippen LogP contribution in [-0.4, -0.2) is 41.8 Å². The summed E-state index contributed by atoms with van der Waals surface area (Å²) in [5.41, 5.74) is 3.92. The number of aromatic nitrogens is 1. The Morgan fingerprint density at radius 3 is 1.68 bits per heavy atom. The summed E-state index contributed by atoms with van der Waals surface area (Å²) >= 11 is 0. The average molecular weight is 671 g/mol. The second-order valence-electron chi connectivity index (χ2n) is 11.3. The third-order valence-electron chi connectivity index (χ3n) is 7.94. The Morgan fingerprint density at radius 1 is 0.560 bits per heavy atom. The maximum atomic E-state index is 13.6. The van der Waals surface area contributed by atoms with Gasteiger partial charge in [-0.25, -0.2) is 14.4 Å². The Morgan fingerprint density at radius 2 is 1.08 bits per heavy atom. The predicted molar refractivity (Wildman–Crippen MR) is 187 cm³/mol. The highest BCUT2D eigenvalue weighted by atomic mass is 16.6. The number of nitrogens with zero attached hydrogens (tertiary/aromatic N) is 1. The smallest absolute Gasteiger partial charge is 0.411 e. The Hall–Kier alpha value is -6.42. The predicted octanol–water partition coefficient (Wildman–Crippen LogP) is 7.62. The van der Waals surface area contributed by atoms with E-state index < -0.39 is 30.0 Å². The summed E-state index contributed by atoms with van der Waals surface area (Å²) in [6, 6.07) is 39.0. The molecule has 1 amide bonds. The van der Waals surface area contributed by atoms with Crippen LogP contribution in [0.2, 0.25) is 0 Å². The zero-order valence-electron chi connectivity index (χ0n) is 27.0. The molecule has 1 heterocycles. The van der Waals surface area contributed by atoms with Gasteiger partial charge in [0.2, 0.25) is 0 Å². The van der Waals surface area contributed by atoms with E-state index in [1.54, 1.807) is 12.1 Å². The maximum Gasteiger partial charge on any atom is 0.411 e. The lowest BCUT2D eigenvalue weighted by molar-refractivity contribution is -0.155. The molecular formula is C40H34N2O8. The number of rotatable bonds is 13. The minimum atomic E-state index is -1.01. The summed E-state index contributed by atoms with van der Waals surface area (Å²) in [4.78, 5) is 51.5. The van der Waals surface area contributed by atoms with Crippen LogP contribution in [-0.2, 0) is 41.8 Å². The van der Waals surface area contributed by atoms with Crippen molar-refractivity contribution in [1.82, 2.24) is 4.57 Å². The van der Waals surface area contributed by atoms with Crippen molar-refractivity contribution in [3.8, 4) is 0 Å². The quantitative estimate of drug-likeness (QED) is 0.0757. The van der Waals surface area contributed by atoms with Crippen LogP contribution in [0.3, 0.4) is 0 Å². The van der Waals surface area contributed by atoms with Gasteiger partial charge in [0, 0.05) is 27.5 Å². The van der Waals surface area contributed by atoms with Gasteiger partial charge in [-0.2, -0.15) is 0 Å². The summed E-state index contributed by atoms with van der Waals surface area (Å²) in [5.74, 6) is -1.86. The van der Waals surface area contributed by atoms with Crippen LogP contribution in [0.25, 0.3) is 21.8 Å². The number of amides is 1. The molecule has 0 aliphatic rings. The molecule has 10 nitrogen and oxygen atoms in total. The van der Waals surface area contributed by atoms with E-state index in [0.717, 1.165) is 32.9 Å². The van der Waals surface area contributed by atoms with Crippen molar-refractivity contribution in [3.63, 3.8) is 0 Å². The molecule has 1 atom stereocenters. The zero-order valence-corrected chi connectivity index (χ0v) is 27.0. The number of fused-ring (bicyclic) bond motifs is 3. The summed E-state index contributed by atoms with van der Waals surface area (Å²) in [7, 11) is 0. The monoisotopic (exact) mass is 670 g/mol. The van der Waals surface area contributed by atoms with E-state index in [9.17, 15) is 19.2 Å². The number of esters is 3. The zero-order chi connectivity index (χ0) is 34.7. The van der Waals surface area contributed by atoms with Gasteiger partial charge in [-0.15, -0.1) is 0 Å². The number of hydrogen-bond acceptors (Lipinski definition) is 8. The highest BCUT2D eigenvalue weighted by molar-refractivity contribution is 6.09. The van der Waals surface area contributed by atoms with E-state index >= 15 is 0 Å². The molecule has 6 rings (SSSR count). The summed E-state index contributed by atoms with van der Waals surface area (Å²) < 4.78 is 23.4. The highest BCUT2D eigenvalue weighted by Gasteiger charge is 2.29. The van der Waals surface area contributed by atoms with Crippen molar-refractivity contribution in [1.29, 1.82) is 0 Å². The van der Waals surface area contributed by atoms with E-state index in [1.807, 2.05) is 114 Å². The van der Waals surface area contributed by atoms with E-state index in [4.69, 9.17) is 18.9 Å². The van der Waals surface area contributed by atoms with Gasteiger partial charge in [0.1, 0.15) is 32.5 Å². The number of anilines is 1. The number of hydrogen-bond donors (Lipinski definition) is 1. The second-order valence-corrected chi connectivity index (χ2v) is 11.3. The van der Waals surface area contributed by atoms with Gasteiger partial charge in [-0.3, -0.25) is 10.1 Å². The SMILES string of the molecule is O=C(C[C@@H](C(=O)OCc1ccccc1)n1c2ccccc2c2ccccc21)OCCOC(=O)c1ccc(NC(=O)OCc2ccccc2)cc1. The van der Waals surface area contributed by atoms with E-state index in [1.165, 1.54) is 12.1 Å². The van der Waals surface area contributed by atoms with E-state index in [0.29, 0.717) is 5.69 Å². The molecule has 6 aromatic rings. The van der Waals surface area contributed by atoms with Crippen LogP contribution >= 0.6 is 0 Å². The molecule has 252 valence electrons. The van der Waals surface area contributed by atoms with Crippen LogP contribution in [0, 0.1) is 0 Å². The number of nitrogens with one attached hydrogen (secondary N) is 1. The lowest BCUT2D eigenvalue weighted by Gasteiger charge is -2.20. The fourth-order valence-electron chi connectivity index (χ4n) is 5.55. The average Bonchev–Trinajstić information content (AvgIpc) is 3.49. The second kappa shape index (κ2) is 16.1. The van der Waals surface area contributed by atoms with Gasteiger partial charge in [0.25, 0.3) is 0 Å². The normalized spacial score (nSPS) is 11.4. The molecule has 1 N–H and O–H groups in total. The fourth-order valence-corrected chi connectivity index (χ4v) is 5.55. The van der Waals surface area contributed by atoms with Crippen molar-refractivity contribution >= 4 is 51.5 Å². The van der Waals surface area contributed by atoms with Crippen molar-refractivity contribution in [3.05, 3.63) is 150 Å². The lowest BCUT2D eigenvalue weighted by Crippen LogP contribution is -2.26. The Kier molecular flexibility index (Phi) is 10.8. The maximum absolute atomic E-state index is 13.6. The number of benzene rings is 5. The van der Waals surface area contributed by atoms with Crippen molar-refractivity contribution in [2.24, 2.45) is 0 Å². The molecule has 0 saturated heterocycles. The van der Waals surface area contributed by atoms with Crippen molar-refractivity contribution in [2.75, 3.05) is 18.5 Å². The molecule has 5 aromatic carbocycles. The minimum absolute atomic E-state index is 0.0493. The number of carbonyl (C=O) groups is 4. The lowest BCUT2D eigenvalue weighted by atomic mass is 10.2. The summed E-state index contributed by atoms with van der Waals surface area (Å²) in [6.07, 6.45) is -0.928. The first-order valence-electron chi connectivity index (χ1n) is 16.0. The molecule has 0 spiro atoms. The molecule has 0 unspecified atom stereocenters. The minimum Gasteiger partial charge on any atom is -0.462 e. The molecule has 50 heavy (non-hydrogen) atoms. The van der Waals surface area contributed by atoms with Gasteiger partial charge >= 0.3 is 24.0 Å². The molecular weight excluding hydrogens is 636 g/mol. The summed E-state index contributed by atoms with van der Waals surface area (Å²) in [6.45, 7) is -0.236. The third kappa shape index (κ3) is 8.35. The van der Waals surface area contributed by atoms with Gasteiger partial charge in [-0.05, 0) is 47.5 Å².